The molecule has 19 heavy (non-hydrogen) atoms. The number of rotatable bonds is 7. The minimum absolute atomic E-state index is 0.183. The molecule has 0 radical (unpaired) electrons. The fourth-order valence-electron chi connectivity index (χ4n) is 2.04. The summed E-state index contributed by atoms with van der Waals surface area (Å²) in [6.45, 7) is 2.94. The third-order valence-corrected chi connectivity index (χ3v) is 3.77. The lowest BCUT2D eigenvalue weighted by molar-refractivity contribution is 0.477. The number of benzene rings is 1. The summed E-state index contributed by atoms with van der Waals surface area (Å²) >= 11 is 1.61. The first-order valence-corrected chi connectivity index (χ1v) is 7.59. The van der Waals surface area contributed by atoms with Gasteiger partial charge in [0.1, 0.15) is 5.82 Å². The predicted octanol–water partition coefficient (Wildman–Crippen LogP) is 4.30. The van der Waals surface area contributed by atoms with Crippen LogP contribution in [0.5, 0.6) is 0 Å². The van der Waals surface area contributed by atoms with Gasteiger partial charge in [-0.05, 0) is 24.1 Å². The van der Waals surface area contributed by atoms with Gasteiger partial charge in [0.05, 0.1) is 11.2 Å². The van der Waals surface area contributed by atoms with Gasteiger partial charge in [0.25, 0.3) is 0 Å². The van der Waals surface area contributed by atoms with E-state index < -0.39 is 0 Å². The van der Waals surface area contributed by atoms with Crippen molar-refractivity contribution in [1.29, 1.82) is 0 Å². The molecule has 102 valence electrons. The first-order chi connectivity index (χ1) is 9.29. The molecule has 1 heterocycles. The number of thiazole rings is 1. The molecule has 2 rings (SSSR count). The second-order valence-electron chi connectivity index (χ2n) is 4.61. The van der Waals surface area contributed by atoms with Gasteiger partial charge in [-0.15, -0.1) is 11.3 Å². The summed E-state index contributed by atoms with van der Waals surface area (Å²) in [6.07, 6.45) is 3.38. The molecule has 0 saturated carbocycles. The Bertz CT molecular complexity index is 467. The molecule has 0 amide bonds. The minimum atomic E-state index is -0.183. The van der Waals surface area contributed by atoms with Crippen LogP contribution in [0.2, 0.25) is 0 Å². The molecule has 0 aliphatic carbocycles. The van der Waals surface area contributed by atoms with E-state index >= 15 is 0 Å². The van der Waals surface area contributed by atoms with E-state index in [1.807, 2.05) is 17.6 Å². The molecule has 0 fully saturated rings. The zero-order valence-corrected chi connectivity index (χ0v) is 11.9. The van der Waals surface area contributed by atoms with Gasteiger partial charge in [-0.2, -0.15) is 0 Å². The number of hydrogen-bond acceptors (Lipinski definition) is 3. The quantitative estimate of drug-likeness (QED) is 0.816. The van der Waals surface area contributed by atoms with Crippen molar-refractivity contribution in [2.45, 2.75) is 38.8 Å². The maximum absolute atomic E-state index is 13.0. The zero-order chi connectivity index (χ0) is 13.5. The highest BCUT2D eigenvalue weighted by molar-refractivity contribution is 7.07. The van der Waals surface area contributed by atoms with Crippen molar-refractivity contribution >= 4 is 11.3 Å². The number of aromatic nitrogens is 1. The molecule has 0 aliphatic rings. The molecule has 1 aromatic heterocycles. The molecule has 0 aliphatic heterocycles. The highest BCUT2D eigenvalue weighted by Crippen LogP contribution is 2.20. The molecule has 1 N–H and O–H groups in total. The van der Waals surface area contributed by atoms with Gasteiger partial charge in [-0.1, -0.05) is 31.9 Å². The summed E-state index contributed by atoms with van der Waals surface area (Å²) in [7, 11) is 0. The predicted molar refractivity (Wildman–Crippen MR) is 77.6 cm³/mol. The Balaban J connectivity index is 2.00. The monoisotopic (exact) mass is 278 g/mol. The van der Waals surface area contributed by atoms with Gasteiger partial charge in [-0.25, -0.2) is 9.37 Å². The topological polar surface area (TPSA) is 24.9 Å². The van der Waals surface area contributed by atoms with Gasteiger partial charge >= 0.3 is 0 Å². The van der Waals surface area contributed by atoms with Crippen molar-refractivity contribution < 1.29 is 4.39 Å². The van der Waals surface area contributed by atoms with Crippen LogP contribution >= 0.6 is 11.3 Å². The van der Waals surface area contributed by atoms with E-state index in [1.165, 1.54) is 12.1 Å². The summed E-state index contributed by atoms with van der Waals surface area (Å²) in [5.41, 5.74) is 4.05. The molecule has 1 atom stereocenters. The van der Waals surface area contributed by atoms with Crippen molar-refractivity contribution in [2.75, 3.05) is 0 Å². The second-order valence-corrected chi connectivity index (χ2v) is 5.33. The fraction of sp³-hybridized carbons (Fsp3) is 0.400. The van der Waals surface area contributed by atoms with Crippen LogP contribution in [0.3, 0.4) is 0 Å². The lowest BCUT2D eigenvalue weighted by Crippen LogP contribution is -2.21. The van der Waals surface area contributed by atoms with Gasteiger partial charge in [0.15, 0.2) is 0 Å². The van der Waals surface area contributed by atoms with E-state index in [4.69, 9.17) is 0 Å². The van der Waals surface area contributed by atoms with E-state index in [1.54, 1.807) is 11.3 Å². The Morgan fingerprint density at radius 1 is 1.32 bits per heavy atom. The van der Waals surface area contributed by atoms with Crippen molar-refractivity contribution in [2.24, 2.45) is 0 Å². The number of hydrogen-bond donors (Lipinski definition) is 1. The van der Waals surface area contributed by atoms with Crippen LogP contribution in [-0.4, -0.2) is 4.98 Å². The molecule has 2 nitrogen and oxygen atoms in total. The van der Waals surface area contributed by atoms with E-state index in [9.17, 15) is 4.39 Å². The standard InChI is InChI=1S/C15H19FN2S/c1-2-3-4-15(12-5-7-13(16)8-6-12)17-9-14-10-19-11-18-14/h5-8,10-11,15,17H,2-4,9H2,1H3. The van der Waals surface area contributed by atoms with Crippen molar-refractivity contribution in [3.63, 3.8) is 0 Å². The molecule has 2 aromatic rings. The lowest BCUT2D eigenvalue weighted by atomic mass is 10.0. The van der Waals surface area contributed by atoms with E-state index in [0.29, 0.717) is 0 Å². The third kappa shape index (κ3) is 4.40. The summed E-state index contributed by atoms with van der Waals surface area (Å²) in [5.74, 6) is -0.183. The van der Waals surface area contributed by atoms with E-state index in [0.717, 1.165) is 37.1 Å². The maximum Gasteiger partial charge on any atom is 0.123 e. The Labute approximate surface area is 117 Å². The highest BCUT2D eigenvalue weighted by atomic mass is 32.1. The molecule has 0 bridgehead atoms. The number of nitrogens with one attached hydrogen (secondary N) is 1. The number of nitrogens with zero attached hydrogens (tertiary/aromatic N) is 1. The average molecular weight is 278 g/mol. The molecular weight excluding hydrogens is 259 g/mol. The minimum Gasteiger partial charge on any atom is -0.304 e. The molecule has 0 spiro atoms. The molecule has 1 aromatic carbocycles. The second kappa shape index (κ2) is 7.36. The van der Waals surface area contributed by atoms with Gasteiger partial charge < -0.3 is 5.32 Å². The van der Waals surface area contributed by atoms with Crippen LogP contribution in [0.15, 0.2) is 35.2 Å². The average Bonchev–Trinajstić information content (AvgIpc) is 2.93. The van der Waals surface area contributed by atoms with Crippen LogP contribution in [-0.2, 0) is 6.54 Å². The molecule has 1 unspecified atom stereocenters. The fourth-order valence-corrected chi connectivity index (χ4v) is 2.60. The van der Waals surface area contributed by atoms with Gasteiger partial charge in [-0.3, -0.25) is 0 Å². The van der Waals surface area contributed by atoms with Crippen molar-refractivity contribution in [3.05, 3.63) is 52.2 Å². The maximum atomic E-state index is 13.0. The van der Waals surface area contributed by atoms with Gasteiger partial charge in [0, 0.05) is 18.0 Å². The largest absolute Gasteiger partial charge is 0.304 e. The van der Waals surface area contributed by atoms with E-state index in [-0.39, 0.29) is 11.9 Å². The third-order valence-electron chi connectivity index (χ3n) is 3.13. The van der Waals surface area contributed by atoms with Crippen LogP contribution < -0.4 is 5.32 Å². The Kier molecular flexibility index (Phi) is 5.48. The summed E-state index contributed by atoms with van der Waals surface area (Å²) in [6, 6.07) is 7.05. The molecule has 4 heteroatoms. The summed E-state index contributed by atoms with van der Waals surface area (Å²) in [5, 5.41) is 5.56. The number of unbranched alkanes of at least 4 members (excludes halogenated alkanes) is 1. The molecule has 0 saturated heterocycles. The first kappa shape index (κ1) is 14.2. The smallest absolute Gasteiger partial charge is 0.123 e. The van der Waals surface area contributed by atoms with Gasteiger partial charge in [0.2, 0.25) is 0 Å². The van der Waals surface area contributed by atoms with Crippen molar-refractivity contribution in [1.82, 2.24) is 10.3 Å². The SMILES string of the molecule is CCCCC(NCc1cscn1)c1ccc(F)cc1. The lowest BCUT2D eigenvalue weighted by Gasteiger charge is -2.18. The summed E-state index contributed by atoms with van der Waals surface area (Å²) < 4.78 is 13.0. The van der Waals surface area contributed by atoms with Crippen LogP contribution in [0.4, 0.5) is 4.39 Å². The Morgan fingerprint density at radius 3 is 2.74 bits per heavy atom. The Morgan fingerprint density at radius 2 is 2.11 bits per heavy atom. The van der Waals surface area contributed by atoms with Crippen LogP contribution in [0.1, 0.15) is 43.5 Å². The normalized spacial score (nSPS) is 12.5. The Hall–Kier alpha value is -1.26. The zero-order valence-electron chi connectivity index (χ0n) is 11.1. The molecular formula is C15H19FN2S. The summed E-state index contributed by atoms with van der Waals surface area (Å²) in [4.78, 5) is 4.27. The van der Waals surface area contributed by atoms with Crippen LogP contribution in [0, 0.1) is 5.82 Å². The van der Waals surface area contributed by atoms with Crippen LogP contribution in [0.25, 0.3) is 0 Å². The highest BCUT2D eigenvalue weighted by Gasteiger charge is 2.11. The van der Waals surface area contributed by atoms with E-state index in [2.05, 4.69) is 22.6 Å². The van der Waals surface area contributed by atoms with Crippen molar-refractivity contribution in [3.8, 4) is 0 Å². The number of halogens is 1. The first-order valence-electron chi connectivity index (χ1n) is 6.65.